The summed E-state index contributed by atoms with van der Waals surface area (Å²) in [6.45, 7) is 3.35. The minimum atomic E-state index is -0.260. The lowest BCUT2D eigenvalue weighted by atomic mass is 9.95. The molecule has 0 radical (unpaired) electrons. The molecule has 1 atom stereocenters. The van der Waals surface area contributed by atoms with Crippen LogP contribution in [-0.4, -0.2) is 73.3 Å². The fraction of sp³-hybridized carbons (Fsp3) is 0.524. The number of nitrogens with zero attached hydrogens (tertiary/aromatic N) is 3. The molecule has 2 aliphatic rings. The normalized spacial score (nSPS) is 20.0. The molecule has 3 rings (SSSR count). The summed E-state index contributed by atoms with van der Waals surface area (Å²) in [4.78, 5) is 43.4. The number of primary amides is 1. The highest BCUT2D eigenvalue weighted by Gasteiger charge is 2.24. The number of guanidine groups is 1. The standard InChI is InChI=1S/C21H30N6O3/c1-23-21(27-9-2-3-16(13-27)11-18(22)28)25-12-15-4-6-17(7-5-15)20(30)26-10-8-24-19(29)14-26/h4-7,16H,2-3,8-14H2,1H3,(H2,22,28)(H,23,25)(H,24,29). The lowest BCUT2D eigenvalue weighted by molar-refractivity contribution is -0.123. The Kier molecular flexibility index (Phi) is 7.26. The number of rotatable bonds is 5. The molecule has 3 amide bonds. The summed E-state index contributed by atoms with van der Waals surface area (Å²) in [6.07, 6.45) is 2.41. The Morgan fingerprint density at radius 3 is 2.67 bits per heavy atom. The van der Waals surface area contributed by atoms with E-state index in [9.17, 15) is 14.4 Å². The largest absolute Gasteiger partial charge is 0.370 e. The van der Waals surface area contributed by atoms with Crippen LogP contribution in [0.5, 0.6) is 0 Å². The Labute approximate surface area is 176 Å². The first-order chi connectivity index (χ1) is 14.5. The maximum Gasteiger partial charge on any atom is 0.254 e. The number of benzene rings is 1. The SMILES string of the molecule is CN=C(NCc1ccc(C(=O)N2CCNC(=O)C2)cc1)N1CCCC(CC(N)=O)C1. The predicted molar refractivity (Wildman–Crippen MR) is 114 cm³/mol. The Bertz CT molecular complexity index is 807. The van der Waals surface area contributed by atoms with Crippen LogP contribution in [0.2, 0.25) is 0 Å². The van der Waals surface area contributed by atoms with Crippen molar-refractivity contribution in [3.63, 3.8) is 0 Å². The first kappa shape index (κ1) is 21.6. The molecule has 1 unspecified atom stereocenters. The fourth-order valence-corrected chi connectivity index (χ4v) is 3.98. The van der Waals surface area contributed by atoms with E-state index in [1.807, 2.05) is 12.1 Å². The van der Waals surface area contributed by atoms with Crippen LogP contribution in [-0.2, 0) is 16.1 Å². The number of amides is 3. The van der Waals surface area contributed by atoms with E-state index in [2.05, 4.69) is 20.5 Å². The second-order valence-corrected chi connectivity index (χ2v) is 7.80. The topological polar surface area (TPSA) is 120 Å². The lowest BCUT2D eigenvalue weighted by Gasteiger charge is -2.34. The van der Waals surface area contributed by atoms with Crippen molar-refractivity contribution in [2.75, 3.05) is 39.8 Å². The van der Waals surface area contributed by atoms with Crippen molar-refractivity contribution >= 4 is 23.7 Å². The van der Waals surface area contributed by atoms with Crippen molar-refractivity contribution in [3.05, 3.63) is 35.4 Å². The molecule has 2 heterocycles. The molecule has 162 valence electrons. The zero-order valence-electron chi connectivity index (χ0n) is 17.4. The van der Waals surface area contributed by atoms with E-state index in [-0.39, 0.29) is 30.2 Å². The van der Waals surface area contributed by atoms with Gasteiger partial charge in [0.25, 0.3) is 5.91 Å². The number of hydrogen-bond donors (Lipinski definition) is 3. The number of nitrogens with one attached hydrogen (secondary N) is 2. The molecule has 0 aliphatic carbocycles. The van der Waals surface area contributed by atoms with Gasteiger partial charge in [-0.05, 0) is 36.5 Å². The summed E-state index contributed by atoms with van der Waals surface area (Å²) in [5.74, 6) is 0.539. The van der Waals surface area contributed by atoms with E-state index in [0.29, 0.717) is 31.6 Å². The molecule has 2 aliphatic heterocycles. The van der Waals surface area contributed by atoms with Gasteiger partial charge in [-0.3, -0.25) is 19.4 Å². The number of carbonyl (C=O) groups is 3. The zero-order chi connectivity index (χ0) is 21.5. The molecule has 4 N–H and O–H groups in total. The molecule has 9 heteroatoms. The van der Waals surface area contributed by atoms with Crippen molar-refractivity contribution < 1.29 is 14.4 Å². The number of piperazine rings is 1. The van der Waals surface area contributed by atoms with Gasteiger partial charge in [0.05, 0.1) is 6.54 Å². The highest BCUT2D eigenvalue weighted by Crippen LogP contribution is 2.19. The van der Waals surface area contributed by atoms with Crippen molar-refractivity contribution in [1.82, 2.24) is 20.4 Å². The van der Waals surface area contributed by atoms with Crippen LogP contribution in [0.25, 0.3) is 0 Å². The number of carbonyl (C=O) groups excluding carboxylic acids is 3. The molecule has 2 fully saturated rings. The maximum atomic E-state index is 12.6. The molecule has 9 nitrogen and oxygen atoms in total. The minimum absolute atomic E-state index is 0.102. The molecule has 2 saturated heterocycles. The van der Waals surface area contributed by atoms with Gasteiger partial charge in [-0.25, -0.2) is 0 Å². The Balaban J connectivity index is 1.54. The number of nitrogens with two attached hydrogens (primary N) is 1. The van der Waals surface area contributed by atoms with Crippen LogP contribution in [0.3, 0.4) is 0 Å². The van der Waals surface area contributed by atoms with E-state index in [1.54, 1.807) is 24.1 Å². The van der Waals surface area contributed by atoms with Gasteiger partial charge in [-0.1, -0.05) is 12.1 Å². The molecule has 0 bridgehead atoms. The molecule has 0 aromatic heterocycles. The van der Waals surface area contributed by atoms with Crippen LogP contribution < -0.4 is 16.4 Å². The lowest BCUT2D eigenvalue weighted by Crippen LogP contribution is -2.49. The van der Waals surface area contributed by atoms with Gasteiger partial charge < -0.3 is 26.2 Å². The Morgan fingerprint density at radius 2 is 2.00 bits per heavy atom. The monoisotopic (exact) mass is 414 g/mol. The second-order valence-electron chi connectivity index (χ2n) is 7.80. The highest BCUT2D eigenvalue weighted by atomic mass is 16.2. The van der Waals surface area contributed by atoms with Crippen molar-refractivity contribution in [2.45, 2.75) is 25.8 Å². The molecular weight excluding hydrogens is 384 g/mol. The quantitative estimate of drug-likeness (QED) is 0.460. The van der Waals surface area contributed by atoms with Crippen molar-refractivity contribution in [1.29, 1.82) is 0 Å². The average Bonchev–Trinajstić information content (AvgIpc) is 2.74. The van der Waals surface area contributed by atoms with Crippen LogP contribution >= 0.6 is 0 Å². The van der Waals surface area contributed by atoms with Crippen molar-refractivity contribution in [2.24, 2.45) is 16.6 Å². The van der Waals surface area contributed by atoms with Gasteiger partial charge in [-0.15, -0.1) is 0 Å². The smallest absolute Gasteiger partial charge is 0.254 e. The first-order valence-electron chi connectivity index (χ1n) is 10.3. The summed E-state index contributed by atoms with van der Waals surface area (Å²) in [5.41, 5.74) is 6.95. The van der Waals surface area contributed by atoms with Crippen molar-refractivity contribution in [3.8, 4) is 0 Å². The van der Waals surface area contributed by atoms with E-state index >= 15 is 0 Å². The number of likely N-dealkylation sites (tertiary alicyclic amines) is 1. The van der Waals surface area contributed by atoms with E-state index in [1.165, 1.54) is 0 Å². The summed E-state index contributed by atoms with van der Waals surface area (Å²) >= 11 is 0. The van der Waals surface area contributed by atoms with Crippen LogP contribution in [0.4, 0.5) is 0 Å². The highest BCUT2D eigenvalue weighted by molar-refractivity contribution is 5.97. The zero-order valence-corrected chi connectivity index (χ0v) is 17.4. The maximum absolute atomic E-state index is 12.6. The Hall–Kier alpha value is -3.10. The van der Waals surface area contributed by atoms with Gasteiger partial charge in [-0.2, -0.15) is 0 Å². The third-order valence-electron chi connectivity index (χ3n) is 5.50. The van der Waals surface area contributed by atoms with Gasteiger partial charge in [0.15, 0.2) is 5.96 Å². The molecule has 30 heavy (non-hydrogen) atoms. The third-order valence-corrected chi connectivity index (χ3v) is 5.50. The van der Waals surface area contributed by atoms with Crippen LogP contribution in [0.1, 0.15) is 35.2 Å². The van der Waals surface area contributed by atoms with Gasteiger partial charge >= 0.3 is 0 Å². The summed E-state index contributed by atoms with van der Waals surface area (Å²) in [6, 6.07) is 7.39. The van der Waals surface area contributed by atoms with E-state index in [4.69, 9.17) is 5.73 Å². The summed E-state index contributed by atoms with van der Waals surface area (Å²) in [7, 11) is 1.75. The summed E-state index contributed by atoms with van der Waals surface area (Å²) in [5, 5.41) is 6.08. The van der Waals surface area contributed by atoms with E-state index in [0.717, 1.165) is 37.5 Å². The van der Waals surface area contributed by atoms with Crippen LogP contribution in [0, 0.1) is 5.92 Å². The number of hydrogen-bond acceptors (Lipinski definition) is 4. The average molecular weight is 415 g/mol. The first-order valence-corrected chi connectivity index (χ1v) is 10.3. The minimum Gasteiger partial charge on any atom is -0.370 e. The number of piperidine rings is 1. The second kappa shape index (κ2) is 10.1. The fourth-order valence-electron chi connectivity index (χ4n) is 3.98. The van der Waals surface area contributed by atoms with Gasteiger partial charge in [0.1, 0.15) is 0 Å². The summed E-state index contributed by atoms with van der Waals surface area (Å²) < 4.78 is 0. The molecule has 1 aromatic rings. The molecule has 0 spiro atoms. The molecular formula is C21H30N6O3. The van der Waals surface area contributed by atoms with Crippen LogP contribution in [0.15, 0.2) is 29.3 Å². The Morgan fingerprint density at radius 1 is 1.23 bits per heavy atom. The predicted octanol–water partition coefficient (Wildman–Crippen LogP) is -0.0786. The third kappa shape index (κ3) is 5.71. The van der Waals surface area contributed by atoms with E-state index < -0.39 is 0 Å². The molecule has 0 saturated carbocycles. The van der Waals surface area contributed by atoms with Gasteiger partial charge in [0.2, 0.25) is 11.8 Å². The molecule has 1 aromatic carbocycles. The number of aliphatic imine (C=N–C) groups is 1. The van der Waals surface area contributed by atoms with Gasteiger partial charge in [0, 0.05) is 51.8 Å².